The van der Waals surface area contributed by atoms with Gasteiger partial charge in [-0.15, -0.1) is 0 Å². The lowest BCUT2D eigenvalue weighted by atomic mass is 10.1. The fourth-order valence-electron chi connectivity index (χ4n) is 4.29. The molecule has 8 heteroatoms. The predicted molar refractivity (Wildman–Crippen MR) is 116 cm³/mol. The van der Waals surface area contributed by atoms with Crippen LogP contribution in [0.15, 0.2) is 48.5 Å². The first-order chi connectivity index (χ1) is 15.5. The molecule has 7 nitrogen and oxygen atoms in total. The van der Waals surface area contributed by atoms with Gasteiger partial charge in [-0.3, -0.25) is 4.79 Å². The summed E-state index contributed by atoms with van der Waals surface area (Å²) in [6.45, 7) is 1.42. The molecule has 2 heterocycles. The molecule has 1 amide bonds. The Morgan fingerprint density at radius 3 is 2.69 bits per heavy atom. The maximum Gasteiger partial charge on any atom is 0.222 e. The summed E-state index contributed by atoms with van der Waals surface area (Å²) in [5, 5.41) is 16.8. The van der Waals surface area contributed by atoms with Gasteiger partial charge in [-0.2, -0.15) is 0 Å². The van der Waals surface area contributed by atoms with Crippen LogP contribution in [-0.4, -0.2) is 55.2 Å². The van der Waals surface area contributed by atoms with E-state index in [1.807, 2.05) is 24.3 Å². The smallest absolute Gasteiger partial charge is 0.222 e. The third-order valence-electron chi connectivity index (χ3n) is 5.95. The summed E-state index contributed by atoms with van der Waals surface area (Å²) in [5.74, 6) is 0.357. The van der Waals surface area contributed by atoms with Crippen LogP contribution in [0.25, 0.3) is 0 Å². The van der Waals surface area contributed by atoms with E-state index in [0.29, 0.717) is 26.1 Å². The lowest BCUT2D eigenvalue weighted by Crippen LogP contribution is -2.39. The number of nitrogens with one attached hydrogen (secondary N) is 2. The van der Waals surface area contributed by atoms with Crippen molar-refractivity contribution in [2.45, 2.75) is 56.5 Å². The van der Waals surface area contributed by atoms with E-state index in [1.165, 1.54) is 12.1 Å². The van der Waals surface area contributed by atoms with E-state index >= 15 is 0 Å². The molecule has 2 aromatic carbocycles. The lowest BCUT2D eigenvalue weighted by molar-refractivity contribution is -0.124. The number of carbonyl (C=O) groups is 1. The molecule has 32 heavy (non-hydrogen) atoms. The van der Waals surface area contributed by atoms with Crippen LogP contribution in [0.3, 0.4) is 0 Å². The molecule has 2 saturated heterocycles. The number of hydrogen-bond donors (Lipinski definition) is 3. The summed E-state index contributed by atoms with van der Waals surface area (Å²) in [5.41, 5.74) is 1.86. The maximum atomic E-state index is 13.0. The number of amides is 1. The van der Waals surface area contributed by atoms with Crippen molar-refractivity contribution >= 4 is 5.91 Å². The number of rotatable bonds is 9. The molecule has 4 rings (SSSR count). The monoisotopic (exact) mass is 444 g/mol. The first-order valence-corrected chi connectivity index (χ1v) is 10.9. The van der Waals surface area contributed by atoms with E-state index in [1.54, 1.807) is 19.2 Å². The van der Waals surface area contributed by atoms with Gasteiger partial charge in [0.15, 0.2) is 0 Å². The molecular formula is C24H29FN2O5. The second-order valence-corrected chi connectivity index (χ2v) is 8.21. The van der Waals surface area contributed by atoms with Gasteiger partial charge >= 0.3 is 0 Å². The van der Waals surface area contributed by atoms with E-state index in [4.69, 9.17) is 14.2 Å². The zero-order valence-corrected chi connectivity index (χ0v) is 18.0. The topological polar surface area (TPSA) is 89.1 Å². The number of benzene rings is 2. The molecule has 0 aliphatic carbocycles. The molecule has 2 aromatic rings. The lowest BCUT2D eigenvalue weighted by Gasteiger charge is -2.20. The Hall–Kier alpha value is -2.52. The SMILES string of the molecule is COc1ccccc1CNC[C@H]1O[C@@H]2C[C@@H](CC(=O)NCc3ccc(F)cc3)O[C@@H]2[C@@H]1O. The third kappa shape index (κ3) is 5.45. The average Bonchev–Trinajstić information content (AvgIpc) is 3.32. The minimum absolute atomic E-state index is 0.149. The van der Waals surface area contributed by atoms with Gasteiger partial charge in [0.25, 0.3) is 0 Å². The first kappa shape index (κ1) is 22.7. The Morgan fingerprint density at radius 2 is 1.94 bits per heavy atom. The van der Waals surface area contributed by atoms with Crippen LogP contribution in [0, 0.1) is 5.82 Å². The Balaban J connectivity index is 1.19. The number of carbonyl (C=O) groups excluding carboxylic acids is 1. The van der Waals surface area contributed by atoms with Crippen LogP contribution >= 0.6 is 0 Å². The summed E-state index contributed by atoms with van der Waals surface area (Å²) in [7, 11) is 1.64. The molecule has 0 saturated carbocycles. The van der Waals surface area contributed by atoms with Crippen molar-refractivity contribution in [2.75, 3.05) is 13.7 Å². The maximum absolute atomic E-state index is 13.0. The van der Waals surface area contributed by atoms with E-state index < -0.39 is 12.2 Å². The van der Waals surface area contributed by atoms with E-state index in [-0.39, 0.29) is 36.5 Å². The van der Waals surface area contributed by atoms with Gasteiger partial charge in [0, 0.05) is 31.6 Å². The summed E-state index contributed by atoms with van der Waals surface area (Å²) in [6.07, 6.45) is -1.31. The number of hydrogen-bond acceptors (Lipinski definition) is 6. The Morgan fingerprint density at radius 1 is 1.16 bits per heavy atom. The van der Waals surface area contributed by atoms with Gasteiger partial charge in [0.1, 0.15) is 23.8 Å². The quantitative estimate of drug-likeness (QED) is 0.548. The second-order valence-electron chi connectivity index (χ2n) is 8.21. The number of methoxy groups -OCH3 is 1. The highest BCUT2D eigenvalue weighted by atomic mass is 19.1. The summed E-state index contributed by atoms with van der Waals surface area (Å²) >= 11 is 0. The molecular weight excluding hydrogens is 415 g/mol. The van der Waals surface area contributed by atoms with Crippen molar-refractivity contribution in [3.8, 4) is 5.75 Å². The highest BCUT2D eigenvalue weighted by Crippen LogP contribution is 2.35. The molecule has 0 unspecified atom stereocenters. The summed E-state index contributed by atoms with van der Waals surface area (Å²) in [6, 6.07) is 13.8. The van der Waals surface area contributed by atoms with Gasteiger partial charge in [-0.25, -0.2) is 4.39 Å². The Bertz CT molecular complexity index is 910. The van der Waals surface area contributed by atoms with Gasteiger partial charge in [-0.1, -0.05) is 30.3 Å². The van der Waals surface area contributed by atoms with Crippen molar-refractivity contribution in [1.82, 2.24) is 10.6 Å². The number of ether oxygens (including phenoxy) is 3. The Labute approximate surface area is 186 Å². The number of fused-ring (bicyclic) bond motifs is 1. The van der Waals surface area contributed by atoms with E-state index in [2.05, 4.69) is 10.6 Å². The van der Waals surface area contributed by atoms with Crippen molar-refractivity contribution < 1.29 is 28.5 Å². The van der Waals surface area contributed by atoms with Gasteiger partial charge < -0.3 is 30.0 Å². The molecule has 5 atom stereocenters. The molecule has 2 fully saturated rings. The fraction of sp³-hybridized carbons (Fsp3) is 0.458. The van der Waals surface area contributed by atoms with Crippen LogP contribution in [0.2, 0.25) is 0 Å². The molecule has 172 valence electrons. The first-order valence-electron chi connectivity index (χ1n) is 10.9. The largest absolute Gasteiger partial charge is 0.496 e. The van der Waals surface area contributed by atoms with E-state index in [0.717, 1.165) is 16.9 Å². The van der Waals surface area contributed by atoms with Crippen molar-refractivity contribution in [1.29, 1.82) is 0 Å². The van der Waals surface area contributed by atoms with Crippen molar-refractivity contribution in [3.63, 3.8) is 0 Å². The highest BCUT2D eigenvalue weighted by Gasteiger charge is 2.50. The highest BCUT2D eigenvalue weighted by molar-refractivity contribution is 5.76. The zero-order valence-electron chi connectivity index (χ0n) is 18.0. The standard InChI is InChI=1S/C24H29FN2O5/c1-30-19-5-3-2-4-16(19)13-26-14-21-23(29)24-20(32-21)10-18(31-24)11-22(28)27-12-15-6-8-17(25)9-7-15/h2-9,18,20-21,23-24,26,29H,10-14H2,1H3,(H,27,28)/t18-,20+,21+,23+,24-/m0/s1. The van der Waals surface area contributed by atoms with Crippen LogP contribution in [-0.2, 0) is 27.4 Å². The molecule has 3 N–H and O–H groups in total. The summed E-state index contributed by atoms with van der Waals surface area (Å²) < 4.78 is 30.3. The van der Waals surface area contributed by atoms with Gasteiger partial charge in [-0.05, 0) is 23.8 Å². The molecule has 2 aliphatic rings. The normalized spacial score (nSPS) is 26.7. The number of aliphatic hydroxyl groups excluding tert-OH is 1. The zero-order chi connectivity index (χ0) is 22.5. The van der Waals surface area contributed by atoms with E-state index in [9.17, 15) is 14.3 Å². The minimum atomic E-state index is -0.752. The minimum Gasteiger partial charge on any atom is -0.496 e. The number of aliphatic hydroxyl groups is 1. The van der Waals surface area contributed by atoms with Crippen molar-refractivity contribution in [2.24, 2.45) is 0 Å². The molecule has 0 spiro atoms. The van der Waals surface area contributed by atoms with Crippen LogP contribution in [0.4, 0.5) is 4.39 Å². The van der Waals surface area contributed by atoms with Gasteiger partial charge in [0.2, 0.25) is 5.91 Å². The van der Waals surface area contributed by atoms with Gasteiger partial charge in [0.05, 0.1) is 31.8 Å². The van der Waals surface area contributed by atoms with Crippen molar-refractivity contribution in [3.05, 3.63) is 65.5 Å². The summed E-state index contributed by atoms with van der Waals surface area (Å²) in [4.78, 5) is 12.2. The van der Waals surface area contributed by atoms with Crippen LogP contribution in [0.5, 0.6) is 5.75 Å². The van der Waals surface area contributed by atoms with Crippen LogP contribution in [0.1, 0.15) is 24.0 Å². The fourth-order valence-corrected chi connectivity index (χ4v) is 4.29. The second kappa shape index (κ2) is 10.4. The number of halogens is 1. The van der Waals surface area contributed by atoms with Crippen LogP contribution < -0.4 is 15.4 Å². The molecule has 2 aliphatic heterocycles. The Kier molecular flexibility index (Phi) is 7.36. The molecule has 0 radical (unpaired) electrons. The molecule has 0 bridgehead atoms. The average molecular weight is 445 g/mol. The third-order valence-corrected chi connectivity index (χ3v) is 5.95. The predicted octanol–water partition coefficient (Wildman–Crippen LogP) is 1.92. The number of para-hydroxylation sites is 1. The molecule has 0 aromatic heterocycles.